The number of carbonyl (C=O) groups is 1. The fourth-order valence-electron chi connectivity index (χ4n) is 4.10. The number of nitro benzene ring substituents is 1. The number of carbonyl (C=O) groups excluding carboxylic acids is 1. The third-order valence-electron chi connectivity index (χ3n) is 5.99. The molecule has 0 aliphatic carbocycles. The van der Waals surface area contributed by atoms with Crippen LogP contribution in [-0.4, -0.2) is 52.2 Å². The second-order valence-electron chi connectivity index (χ2n) is 8.29. The van der Waals surface area contributed by atoms with Gasteiger partial charge < -0.3 is 19.4 Å². The molecule has 1 aliphatic rings. The number of rotatable bonds is 5. The fraction of sp³-hybridized carbons (Fsp3) is 0.200. The molecule has 0 unspecified atom stereocenters. The highest BCUT2D eigenvalue weighted by molar-refractivity contribution is 7.80. The molecule has 4 aromatic rings. The molecule has 1 saturated heterocycles. The van der Waals surface area contributed by atoms with Crippen LogP contribution in [0.5, 0.6) is 0 Å². The lowest BCUT2D eigenvalue weighted by atomic mass is 10.1. The summed E-state index contributed by atoms with van der Waals surface area (Å²) in [5, 5.41) is 17.4. The maximum absolute atomic E-state index is 12.9. The normalized spacial score (nSPS) is 13.4. The molecule has 3 heterocycles. The molecular formula is C25H22N6O5S. The number of oxazole rings is 1. The lowest BCUT2D eigenvalue weighted by molar-refractivity contribution is -0.384. The first-order valence-corrected chi connectivity index (χ1v) is 11.9. The highest BCUT2D eigenvalue weighted by Crippen LogP contribution is 2.31. The molecule has 5 rings (SSSR count). The highest BCUT2D eigenvalue weighted by atomic mass is 32.1. The minimum atomic E-state index is -0.562. The number of aromatic nitrogens is 2. The lowest BCUT2D eigenvalue weighted by Gasteiger charge is -2.28. The molecule has 2 aromatic heterocycles. The van der Waals surface area contributed by atoms with Gasteiger partial charge in [-0.3, -0.25) is 20.2 Å². The molecular weight excluding hydrogens is 496 g/mol. The molecule has 0 atom stereocenters. The van der Waals surface area contributed by atoms with Crippen molar-refractivity contribution in [2.45, 2.75) is 6.92 Å². The van der Waals surface area contributed by atoms with Gasteiger partial charge in [-0.15, -0.1) is 0 Å². The van der Waals surface area contributed by atoms with E-state index in [1.165, 1.54) is 6.07 Å². The summed E-state index contributed by atoms with van der Waals surface area (Å²) in [5.74, 6) is -0.148. The number of amides is 1. The van der Waals surface area contributed by atoms with Crippen molar-refractivity contribution in [3.8, 4) is 11.5 Å². The highest BCUT2D eigenvalue weighted by Gasteiger charge is 2.24. The predicted octanol–water partition coefficient (Wildman–Crippen LogP) is 4.07. The minimum absolute atomic E-state index is 0.0457. The first kappa shape index (κ1) is 24.3. The van der Waals surface area contributed by atoms with Crippen LogP contribution in [-0.2, 0) is 4.74 Å². The zero-order valence-corrected chi connectivity index (χ0v) is 20.6. The van der Waals surface area contributed by atoms with Crippen molar-refractivity contribution in [3.63, 3.8) is 0 Å². The van der Waals surface area contributed by atoms with Crippen LogP contribution in [0.25, 0.3) is 22.7 Å². The van der Waals surface area contributed by atoms with Gasteiger partial charge in [0.05, 0.1) is 18.1 Å². The van der Waals surface area contributed by atoms with Crippen LogP contribution in [0, 0.1) is 17.0 Å². The smallest absolute Gasteiger partial charge is 0.293 e. The van der Waals surface area contributed by atoms with Crippen molar-refractivity contribution in [1.82, 2.24) is 15.3 Å². The number of pyridine rings is 1. The van der Waals surface area contributed by atoms with E-state index in [-0.39, 0.29) is 16.4 Å². The van der Waals surface area contributed by atoms with E-state index >= 15 is 0 Å². The summed E-state index contributed by atoms with van der Waals surface area (Å²) >= 11 is 5.35. The van der Waals surface area contributed by atoms with E-state index in [0.29, 0.717) is 54.8 Å². The predicted molar refractivity (Wildman–Crippen MR) is 142 cm³/mol. The van der Waals surface area contributed by atoms with Gasteiger partial charge >= 0.3 is 0 Å². The molecule has 0 spiro atoms. The lowest BCUT2D eigenvalue weighted by Crippen LogP contribution is -2.37. The van der Waals surface area contributed by atoms with Gasteiger partial charge in [-0.2, -0.15) is 4.98 Å². The van der Waals surface area contributed by atoms with Gasteiger partial charge in [0.15, 0.2) is 16.3 Å². The van der Waals surface area contributed by atoms with Crippen molar-refractivity contribution in [2.24, 2.45) is 0 Å². The third-order valence-corrected chi connectivity index (χ3v) is 6.19. The zero-order chi connectivity index (χ0) is 25.9. The molecule has 0 saturated carbocycles. The van der Waals surface area contributed by atoms with Crippen molar-refractivity contribution < 1.29 is 18.9 Å². The van der Waals surface area contributed by atoms with E-state index in [4.69, 9.17) is 21.4 Å². The topological polar surface area (TPSA) is 136 Å². The van der Waals surface area contributed by atoms with E-state index in [0.717, 1.165) is 11.1 Å². The summed E-state index contributed by atoms with van der Waals surface area (Å²) in [7, 11) is 0. The molecule has 2 N–H and O–H groups in total. The fourth-order valence-corrected chi connectivity index (χ4v) is 4.30. The number of morpholine rings is 1. The molecule has 37 heavy (non-hydrogen) atoms. The first-order chi connectivity index (χ1) is 17.9. The van der Waals surface area contributed by atoms with Gasteiger partial charge in [0, 0.05) is 42.2 Å². The van der Waals surface area contributed by atoms with Crippen LogP contribution < -0.4 is 15.5 Å². The summed E-state index contributed by atoms with van der Waals surface area (Å²) in [4.78, 5) is 34.6. The Bertz CT molecular complexity index is 1480. The van der Waals surface area contributed by atoms with Crippen molar-refractivity contribution >= 4 is 51.5 Å². The molecule has 1 fully saturated rings. The average molecular weight is 519 g/mol. The van der Waals surface area contributed by atoms with Crippen LogP contribution in [0.2, 0.25) is 0 Å². The van der Waals surface area contributed by atoms with Gasteiger partial charge in [-0.1, -0.05) is 6.07 Å². The molecule has 1 amide bonds. The molecule has 1 aliphatic heterocycles. The number of anilines is 2. The number of benzene rings is 2. The monoisotopic (exact) mass is 518 g/mol. The quantitative estimate of drug-likeness (QED) is 0.226. The minimum Gasteiger partial charge on any atom is -0.434 e. The Hall–Kier alpha value is -4.42. The number of nitrogens with zero attached hydrogens (tertiary/aromatic N) is 4. The van der Waals surface area contributed by atoms with Crippen molar-refractivity contribution in [3.05, 3.63) is 76.0 Å². The summed E-state index contributed by atoms with van der Waals surface area (Å²) in [6.07, 6.45) is 1.64. The van der Waals surface area contributed by atoms with Gasteiger partial charge in [0.2, 0.25) is 5.89 Å². The Kier molecular flexibility index (Phi) is 6.75. The maximum atomic E-state index is 12.9. The van der Waals surface area contributed by atoms with Gasteiger partial charge in [-0.25, -0.2) is 4.98 Å². The van der Waals surface area contributed by atoms with Gasteiger partial charge in [0.25, 0.3) is 11.6 Å². The Balaban J connectivity index is 1.31. The number of hydrogen-bond donors (Lipinski definition) is 2. The third kappa shape index (κ3) is 5.10. The molecule has 2 aromatic carbocycles. The Morgan fingerprint density at radius 2 is 1.97 bits per heavy atom. The largest absolute Gasteiger partial charge is 0.434 e. The van der Waals surface area contributed by atoms with Crippen LogP contribution in [0.4, 0.5) is 17.1 Å². The maximum Gasteiger partial charge on any atom is 0.293 e. The van der Waals surface area contributed by atoms with Crippen molar-refractivity contribution in [2.75, 3.05) is 36.5 Å². The van der Waals surface area contributed by atoms with E-state index < -0.39 is 10.8 Å². The van der Waals surface area contributed by atoms with E-state index in [9.17, 15) is 14.9 Å². The Morgan fingerprint density at radius 3 is 2.73 bits per heavy atom. The van der Waals surface area contributed by atoms with E-state index in [1.807, 2.05) is 24.0 Å². The second kappa shape index (κ2) is 10.3. The number of thiocarbonyl (C=S) groups is 1. The molecule has 0 radical (unpaired) electrons. The molecule has 0 bridgehead atoms. The van der Waals surface area contributed by atoms with Gasteiger partial charge in [-0.05, 0) is 61.1 Å². The zero-order valence-electron chi connectivity index (χ0n) is 19.8. The van der Waals surface area contributed by atoms with Crippen molar-refractivity contribution in [1.29, 1.82) is 0 Å². The van der Waals surface area contributed by atoms with Crippen LogP contribution >= 0.6 is 12.2 Å². The molecule has 188 valence electrons. The van der Waals surface area contributed by atoms with Crippen LogP contribution in [0.15, 0.2) is 59.1 Å². The van der Waals surface area contributed by atoms with Crippen LogP contribution in [0.1, 0.15) is 15.9 Å². The second-order valence-corrected chi connectivity index (χ2v) is 8.70. The molecule has 12 heteroatoms. The first-order valence-electron chi connectivity index (χ1n) is 11.5. The van der Waals surface area contributed by atoms with E-state index in [1.54, 1.807) is 36.5 Å². The Labute approximate surface area is 216 Å². The SMILES string of the molecule is Cc1c(NC(=S)NC(=O)c2ccc(N3CCOCC3)c([N+](=O)[O-])c2)cccc1-c1nc2ncccc2o1. The number of fused-ring (bicyclic) bond motifs is 1. The number of ether oxygens (including phenoxy) is 1. The average Bonchev–Trinajstić information content (AvgIpc) is 3.34. The molecule has 11 nitrogen and oxygen atoms in total. The van der Waals surface area contributed by atoms with E-state index in [2.05, 4.69) is 20.6 Å². The van der Waals surface area contributed by atoms with Crippen LogP contribution in [0.3, 0.4) is 0 Å². The standard InChI is InChI=1S/C25H22N6O5S/c1-15-17(24-28-22-21(36-24)6-3-9-26-22)4-2-5-18(15)27-25(37)29-23(32)16-7-8-19(20(14-16)31(33)34)30-10-12-35-13-11-30/h2-9,14H,10-13H2,1H3,(H2,27,29,32,37). The number of nitrogens with one attached hydrogen (secondary N) is 2. The summed E-state index contributed by atoms with van der Waals surface area (Å²) in [6, 6.07) is 13.4. The number of hydrogen-bond acceptors (Lipinski definition) is 9. The summed E-state index contributed by atoms with van der Waals surface area (Å²) < 4.78 is 11.2. The van der Waals surface area contributed by atoms with Gasteiger partial charge in [0.1, 0.15) is 5.69 Å². The Morgan fingerprint density at radius 1 is 1.16 bits per heavy atom. The summed E-state index contributed by atoms with van der Waals surface area (Å²) in [6.45, 7) is 3.93. The summed E-state index contributed by atoms with van der Waals surface area (Å²) in [5.41, 5.74) is 3.70. The number of nitro groups is 1.